The Labute approximate surface area is 121 Å². The van der Waals surface area contributed by atoms with Gasteiger partial charge in [0.2, 0.25) is 0 Å². The number of aliphatic hydroxyl groups excluding tert-OH is 1. The van der Waals surface area contributed by atoms with Crippen LogP contribution in [0.2, 0.25) is 10.0 Å². The van der Waals surface area contributed by atoms with E-state index in [4.69, 9.17) is 23.2 Å². The summed E-state index contributed by atoms with van der Waals surface area (Å²) >= 11 is 11.9. The van der Waals surface area contributed by atoms with Gasteiger partial charge in [-0.25, -0.2) is 4.39 Å². The minimum absolute atomic E-state index is 0.222. The van der Waals surface area contributed by atoms with Crippen LogP contribution in [0.1, 0.15) is 22.8 Å². The molecule has 0 spiro atoms. The highest BCUT2D eigenvalue weighted by Gasteiger charge is 2.15. The van der Waals surface area contributed by atoms with E-state index in [9.17, 15) is 9.50 Å². The van der Waals surface area contributed by atoms with Crippen LogP contribution in [0.4, 0.5) is 4.39 Å². The van der Waals surface area contributed by atoms with Crippen molar-refractivity contribution in [3.05, 3.63) is 69.0 Å². The van der Waals surface area contributed by atoms with Gasteiger partial charge in [-0.2, -0.15) is 0 Å². The Kier molecular flexibility index (Phi) is 4.46. The number of rotatable bonds is 3. The highest BCUT2D eigenvalue weighted by atomic mass is 35.5. The molecule has 2 aromatic rings. The van der Waals surface area contributed by atoms with Crippen molar-refractivity contribution >= 4 is 23.2 Å². The standard InChI is InChI=1S/C15H13Cl2FO/c1-9-2-5-14(18)12(6-9)15(19)8-10-7-11(16)3-4-13(10)17/h2-7,15,19H,8H2,1H3. The van der Waals surface area contributed by atoms with E-state index in [2.05, 4.69) is 0 Å². The van der Waals surface area contributed by atoms with Crippen LogP contribution in [0.25, 0.3) is 0 Å². The second-order valence-corrected chi connectivity index (χ2v) is 5.32. The first kappa shape index (κ1) is 14.3. The maximum absolute atomic E-state index is 13.7. The molecular weight excluding hydrogens is 286 g/mol. The van der Waals surface area contributed by atoms with E-state index in [1.54, 1.807) is 30.3 Å². The molecule has 1 atom stereocenters. The van der Waals surface area contributed by atoms with Crippen molar-refractivity contribution in [2.75, 3.05) is 0 Å². The summed E-state index contributed by atoms with van der Waals surface area (Å²) in [6, 6.07) is 9.68. The Hall–Kier alpha value is -1.09. The lowest BCUT2D eigenvalue weighted by molar-refractivity contribution is 0.173. The summed E-state index contributed by atoms with van der Waals surface area (Å²) in [6.45, 7) is 1.85. The average molecular weight is 299 g/mol. The molecule has 2 aromatic carbocycles. The van der Waals surface area contributed by atoms with Crippen LogP contribution in [0.5, 0.6) is 0 Å². The lowest BCUT2D eigenvalue weighted by Gasteiger charge is -2.14. The number of aryl methyl sites for hydroxylation is 1. The fourth-order valence-corrected chi connectivity index (χ4v) is 2.33. The van der Waals surface area contributed by atoms with Gasteiger partial charge < -0.3 is 5.11 Å². The van der Waals surface area contributed by atoms with Crippen molar-refractivity contribution in [1.82, 2.24) is 0 Å². The SMILES string of the molecule is Cc1ccc(F)c(C(O)Cc2cc(Cl)ccc2Cl)c1. The number of halogens is 3. The van der Waals surface area contributed by atoms with Crippen molar-refractivity contribution in [1.29, 1.82) is 0 Å². The minimum Gasteiger partial charge on any atom is -0.388 e. The molecule has 0 amide bonds. The molecule has 0 saturated heterocycles. The molecule has 100 valence electrons. The third kappa shape index (κ3) is 3.47. The Balaban J connectivity index is 2.27. The minimum atomic E-state index is -0.948. The Morgan fingerprint density at radius 1 is 1.16 bits per heavy atom. The zero-order valence-corrected chi connectivity index (χ0v) is 11.8. The Bertz CT molecular complexity index is 599. The first-order valence-electron chi connectivity index (χ1n) is 5.85. The smallest absolute Gasteiger partial charge is 0.129 e. The summed E-state index contributed by atoms with van der Waals surface area (Å²) in [5, 5.41) is 11.2. The van der Waals surface area contributed by atoms with E-state index in [-0.39, 0.29) is 12.0 Å². The van der Waals surface area contributed by atoms with E-state index in [0.29, 0.717) is 15.6 Å². The van der Waals surface area contributed by atoms with Gasteiger partial charge in [0.25, 0.3) is 0 Å². The largest absolute Gasteiger partial charge is 0.388 e. The van der Waals surface area contributed by atoms with Crippen molar-refractivity contribution < 1.29 is 9.50 Å². The number of hydrogen-bond donors (Lipinski definition) is 1. The van der Waals surface area contributed by atoms with E-state index < -0.39 is 11.9 Å². The third-order valence-electron chi connectivity index (χ3n) is 2.93. The van der Waals surface area contributed by atoms with Crippen LogP contribution in [0.15, 0.2) is 36.4 Å². The highest BCUT2D eigenvalue weighted by molar-refractivity contribution is 6.33. The van der Waals surface area contributed by atoms with E-state index >= 15 is 0 Å². The monoisotopic (exact) mass is 298 g/mol. The molecule has 0 fully saturated rings. The van der Waals surface area contributed by atoms with Gasteiger partial charge in [-0.1, -0.05) is 40.9 Å². The molecule has 0 bridgehead atoms. The van der Waals surface area contributed by atoms with E-state index in [0.717, 1.165) is 5.56 Å². The first-order chi connectivity index (χ1) is 8.97. The van der Waals surface area contributed by atoms with Crippen LogP contribution < -0.4 is 0 Å². The number of benzene rings is 2. The second kappa shape index (κ2) is 5.91. The van der Waals surface area contributed by atoms with Gasteiger partial charge in [-0.05, 0) is 36.8 Å². The van der Waals surface area contributed by atoms with Crippen LogP contribution in [-0.4, -0.2) is 5.11 Å². The van der Waals surface area contributed by atoms with Crippen molar-refractivity contribution in [3.8, 4) is 0 Å². The maximum Gasteiger partial charge on any atom is 0.129 e. The van der Waals surface area contributed by atoms with Crippen LogP contribution >= 0.6 is 23.2 Å². The fraction of sp³-hybridized carbons (Fsp3) is 0.200. The normalized spacial score (nSPS) is 12.5. The van der Waals surface area contributed by atoms with Gasteiger partial charge in [0, 0.05) is 22.0 Å². The van der Waals surface area contributed by atoms with E-state index in [1.807, 2.05) is 6.92 Å². The number of hydrogen-bond acceptors (Lipinski definition) is 1. The molecule has 1 unspecified atom stereocenters. The zero-order chi connectivity index (χ0) is 14.0. The summed E-state index contributed by atoms with van der Waals surface area (Å²) in [5.74, 6) is -0.420. The molecule has 0 aromatic heterocycles. The lowest BCUT2D eigenvalue weighted by Crippen LogP contribution is -2.05. The van der Waals surface area contributed by atoms with Crippen molar-refractivity contribution in [2.45, 2.75) is 19.4 Å². The maximum atomic E-state index is 13.7. The van der Waals surface area contributed by atoms with E-state index in [1.165, 1.54) is 6.07 Å². The molecule has 4 heteroatoms. The summed E-state index contributed by atoms with van der Waals surface area (Å²) in [7, 11) is 0. The molecular formula is C15H13Cl2FO. The van der Waals surface area contributed by atoms with Crippen LogP contribution in [0, 0.1) is 12.7 Å². The molecule has 19 heavy (non-hydrogen) atoms. The van der Waals surface area contributed by atoms with Crippen molar-refractivity contribution in [3.63, 3.8) is 0 Å². The van der Waals surface area contributed by atoms with Gasteiger partial charge in [-0.3, -0.25) is 0 Å². The topological polar surface area (TPSA) is 20.2 Å². The van der Waals surface area contributed by atoms with Gasteiger partial charge in [0.15, 0.2) is 0 Å². The highest BCUT2D eigenvalue weighted by Crippen LogP contribution is 2.27. The molecule has 1 nitrogen and oxygen atoms in total. The Morgan fingerprint density at radius 3 is 2.63 bits per heavy atom. The molecule has 1 N–H and O–H groups in total. The lowest BCUT2D eigenvalue weighted by atomic mass is 9.99. The second-order valence-electron chi connectivity index (χ2n) is 4.48. The molecule has 0 radical (unpaired) electrons. The summed E-state index contributed by atoms with van der Waals surface area (Å²) in [4.78, 5) is 0. The average Bonchev–Trinajstić information content (AvgIpc) is 2.36. The molecule has 0 aliphatic carbocycles. The molecule has 0 aliphatic heterocycles. The third-order valence-corrected chi connectivity index (χ3v) is 3.54. The van der Waals surface area contributed by atoms with Gasteiger partial charge >= 0.3 is 0 Å². The summed E-state index contributed by atoms with van der Waals surface area (Å²) < 4.78 is 13.7. The quantitative estimate of drug-likeness (QED) is 0.869. The molecule has 0 heterocycles. The summed E-state index contributed by atoms with van der Waals surface area (Å²) in [6.07, 6.45) is -0.726. The summed E-state index contributed by atoms with van der Waals surface area (Å²) in [5.41, 5.74) is 1.87. The van der Waals surface area contributed by atoms with Gasteiger partial charge in [-0.15, -0.1) is 0 Å². The molecule has 0 aliphatic rings. The Morgan fingerprint density at radius 2 is 1.89 bits per heavy atom. The molecule has 2 rings (SSSR count). The predicted octanol–water partition coefficient (Wildman–Crippen LogP) is 4.72. The van der Waals surface area contributed by atoms with Gasteiger partial charge in [0.1, 0.15) is 5.82 Å². The number of aliphatic hydroxyl groups is 1. The van der Waals surface area contributed by atoms with Crippen molar-refractivity contribution in [2.24, 2.45) is 0 Å². The first-order valence-corrected chi connectivity index (χ1v) is 6.61. The zero-order valence-electron chi connectivity index (χ0n) is 10.3. The van der Waals surface area contributed by atoms with Gasteiger partial charge in [0.05, 0.1) is 6.10 Å². The predicted molar refractivity (Wildman–Crippen MR) is 76.3 cm³/mol. The van der Waals surface area contributed by atoms with Crippen LogP contribution in [0.3, 0.4) is 0 Å². The fourth-order valence-electron chi connectivity index (χ4n) is 1.94. The van der Waals surface area contributed by atoms with Crippen LogP contribution in [-0.2, 0) is 6.42 Å². The molecule has 0 saturated carbocycles.